The minimum Gasteiger partial charge on any atom is -0.490 e. The number of anilines is 1. The number of benzene rings is 1. The first-order valence-electron chi connectivity index (χ1n) is 13.7. The average molecular weight is 581 g/mol. The van der Waals surface area contributed by atoms with Crippen LogP contribution in [0.5, 0.6) is 5.75 Å². The van der Waals surface area contributed by atoms with Gasteiger partial charge in [-0.15, -0.1) is 0 Å². The summed E-state index contributed by atoms with van der Waals surface area (Å²) in [5.74, 6) is -1.89. The Labute approximate surface area is 238 Å². The average Bonchev–Trinajstić information content (AvgIpc) is 3.72. The zero-order valence-corrected chi connectivity index (χ0v) is 23.8. The topological polar surface area (TPSA) is 66.0 Å². The van der Waals surface area contributed by atoms with Gasteiger partial charge < -0.3 is 19.4 Å². The van der Waals surface area contributed by atoms with Crippen LogP contribution in [-0.4, -0.2) is 79.7 Å². The number of carbonyl (C=O) groups excluding carboxylic acids is 2. The van der Waals surface area contributed by atoms with Gasteiger partial charge in [-0.3, -0.25) is 9.59 Å². The highest BCUT2D eigenvalue weighted by molar-refractivity contribution is 6.32. The predicted molar refractivity (Wildman–Crippen MR) is 148 cm³/mol. The van der Waals surface area contributed by atoms with Crippen molar-refractivity contribution in [3.63, 3.8) is 0 Å². The van der Waals surface area contributed by atoms with Crippen molar-refractivity contribution in [3.05, 3.63) is 52.7 Å². The molecule has 7 nitrogen and oxygen atoms in total. The maximum Gasteiger partial charge on any atom is 0.404 e. The first kappa shape index (κ1) is 30.0. The van der Waals surface area contributed by atoms with Crippen LogP contribution in [0.1, 0.15) is 60.4 Å². The summed E-state index contributed by atoms with van der Waals surface area (Å²) < 4.78 is 47.7. The molecule has 2 fully saturated rings. The number of ether oxygens (including phenoxy) is 1. The number of rotatable bonds is 10. The third kappa shape index (κ3) is 7.59. The molecule has 2 aromatic rings. The number of nitrogens with zero attached hydrogens (tertiary/aromatic N) is 4. The van der Waals surface area contributed by atoms with Crippen molar-refractivity contribution in [3.8, 4) is 5.75 Å². The van der Waals surface area contributed by atoms with Crippen molar-refractivity contribution < 1.29 is 27.5 Å². The highest BCUT2D eigenvalue weighted by Gasteiger charge is 2.47. The number of halogens is 4. The summed E-state index contributed by atoms with van der Waals surface area (Å²) >= 11 is 6.27. The minimum absolute atomic E-state index is 0.0539. The van der Waals surface area contributed by atoms with E-state index in [1.165, 1.54) is 35.0 Å². The largest absolute Gasteiger partial charge is 0.490 e. The van der Waals surface area contributed by atoms with Gasteiger partial charge in [-0.05, 0) is 74.3 Å². The molecule has 1 atom stereocenters. The number of hydrogen-bond acceptors (Lipinski definition) is 5. The number of pyridine rings is 1. The molecule has 11 heteroatoms. The Hall–Kier alpha value is -3.01. The maximum atomic E-state index is 14.0. The Balaban J connectivity index is 1.27. The maximum absolute atomic E-state index is 14.0. The lowest BCUT2D eigenvalue weighted by molar-refractivity contribution is -0.171. The van der Waals surface area contributed by atoms with E-state index in [0.29, 0.717) is 29.5 Å². The van der Waals surface area contributed by atoms with Crippen molar-refractivity contribution in [2.24, 2.45) is 5.92 Å². The SMILES string of the molecule is CN(C)C(=O)c1ccc(N2CCC(CCCN(C)C(=O)C(c3cccc(OC4CC4)c3)C(F)(F)F)CC2)nc1Cl. The monoisotopic (exact) mass is 580 g/mol. The number of alkyl halides is 3. The van der Waals surface area contributed by atoms with E-state index < -0.39 is 18.0 Å². The van der Waals surface area contributed by atoms with Gasteiger partial charge in [0.25, 0.3) is 5.91 Å². The van der Waals surface area contributed by atoms with Crippen LogP contribution in [0.3, 0.4) is 0 Å². The van der Waals surface area contributed by atoms with Gasteiger partial charge in [0.05, 0.1) is 11.7 Å². The second-order valence-corrected chi connectivity index (χ2v) is 11.3. The molecule has 1 aromatic carbocycles. The summed E-state index contributed by atoms with van der Waals surface area (Å²) in [6.45, 7) is 1.78. The van der Waals surface area contributed by atoms with Crippen LogP contribution in [0.4, 0.5) is 19.0 Å². The quantitative estimate of drug-likeness (QED) is 0.333. The fourth-order valence-electron chi connectivity index (χ4n) is 5.02. The zero-order valence-electron chi connectivity index (χ0n) is 23.1. The summed E-state index contributed by atoms with van der Waals surface area (Å²) in [5, 5.41) is 0.172. The van der Waals surface area contributed by atoms with Crippen molar-refractivity contribution in [2.75, 3.05) is 45.7 Å². The van der Waals surface area contributed by atoms with E-state index in [9.17, 15) is 22.8 Å². The second kappa shape index (κ2) is 12.7. The van der Waals surface area contributed by atoms with Crippen LogP contribution in [0.15, 0.2) is 36.4 Å². The molecule has 4 rings (SSSR count). The Bertz CT molecular complexity index is 1200. The fourth-order valence-corrected chi connectivity index (χ4v) is 5.25. The third-order valence-corrected chi connectivity index (χ3v) is 7.77. The summed E-state index contributed by atoms with van der Waals surface area (Å²) in [5.41, 5.74) is 0.263. The molecule has 0 bridgehead atoms. The molecule has 1 saturated heterocycles. The van der Waals surface area contributed by atoms with Gasteiger partial charge in [0.2, 0.25) is 5.91 Å². The first-order chi connectivity index (χ1) is 18.9. The lowest BCUT2D eigenvalue weighted by Gasteiger charge is -2.33. The Morgan fingerprint density at radius 1 is 1.10 bits per heavy atom. The highest BCUT2D eigenvalue weighted by Crippen LogP contribution is 2.38. The summed E-state index contributed by atoms with van der Waals surface area (Å²) in [6, 6.07) is 9.30. The molecule has 0 N–H and O–H groups in total. The van der Waals surface area contributed by atoms with Gasteiger partial charge in [0, 0.05) is 40.8 Å². The minimum atomic E-state index is -4.70. The van der Waals surface area contributed by atoms with E-state index in [1.807, 2.05) is 0 Å². The van der Waals surface area contributed by atoms with Gasteiger partial charge in [-0.1, -0.05) is 23.7 Å². The summed E-state index contributed by atoms with van der Waals surface area (Å²) in [6.07, 6.45) is 0.369. The van der Waals surface area contributed by atoms with Gasteiger partial charge in [-0.2, -0.15) is 13.2 Å². The van der Waals surface area contributed by atoms with E-state index in [-0.39, 0.29) is 29.3 Å². The normalized spacial score (nSPS) is 16.9. The van der Waals surface area contributed by atoms with Crippen LogP contribution in [0.25, 0.3) is 0 Å². The molecule has 2 amide bonds. The van der Waals surface area contributed by atoms with E-state index in [2.05, 4.69) is 9.88 Å². The second-order valence-electron chi connectivity index (χ2n) is 10.9. The number of hydrogen-bond donors (Lipinski definition) is 0. The summed E-state index contributed by atoms with van der Waals surface area (Å²) in [4.78, 5) is 34.3. The number of piperidine rings is 1. The fraction of sp³-hybridized carbons (Fsp3) is 0.552. The van der Waals surface area contributed by atoms with Gasteiger partial charge >= 0.3 is 6.18 Å². The van der Waals surface area contributed by atoms with Crippen molar-refractivity contribution in [1.29, 1.82) is 0 Å². The van der Waals surface area contributed by atoms with E-state index in [4.69, 9.17) is 16.3 Å². The highest BCUT2D eigenvalue weighted by atomic mass is 35.5. The molecule has 218 valence electrons. The third-order valence-electron chi connectivity index (χ3n) is 7.48. The molecule has 2 aliphatic rings. The standard InChI is InChI=1S/C29H36ClF3N4O3/c1-35(2)27(38)23-11-12-24(34-26(23)30)37-16-13-19(14-17-37)6-5-15-36(3)28(39)25(29(31,32)33)20-7-4-8-22(18-20)40-21-9-10-21/h4,7-8,11-12,18-19,21,25H,5-6,9-10,13-17H2,1-3H3. The Morgan fingerprint density at radius 2 is 1.80 bits per heavy atom. The molecule has 1 saturated carbocycles. The molecule has 0 spiro atoms. The zero-order chi connectivity index (χ0) is 29.0. The number of carbonyl (C=O) groups is 2. The molecule has 40 heavy (non-hydrogen) atoms. The number of likely N-dealkylation sites (N-methyl/N-ethyl adjacent to an activating group) is 1. The van der Waals surface area contributed by atoms with Crippen LogP contribution >= 0.6 is 11.6 Å². The van der Waals surface area contributed by atoms with Crippen molar-refractivity contribution in [2.45, 2.75) is 56.7 Å². The van der Waals surface area contributed by atoms with Gasteiger partial charge in [0.1, 0.15) is 16.7 Å². The van der Waals surface area contributed by atoms with Gasteiger partial charge in [-0.25, -0.2) is 4.98 Å². The summed E-state index contributed by atoms with van der Waals surface area (Å²) in [7, 11) is 4.75. The van der Waals surface area contributed by atoms with E-state index in [0.717, 1.165) is 45.2 Å². The molecule has 1 unspecified atom stereocenters. The molecule has 1 aliphatic carbocycles. The lowest BCUT2D eigenvalue weighted by atomic mass is 9.92. The predicted octanol–water partition coefficient (Wildman–Crippen LogP) is 5.78. The van der Waals surface area contributed by atoms with Crippen LogP contribution in [0, 0.1) is 5.92 Å². The number of amides is 2. The van der Waals surface area contributed by atoms with Gasteiger partial charge in [0.15, 0.2) is 5.92 Å². The molecule has 1 aromatic heterocycles. The van der Waals surface area contributed by atoms with Crippen LogP contribution in [-0.2, 0) is 4.79 Å². The van der Waals surface area contributed by atoms with Crippen LogP contribution < -0.4 is 9.64 Å². The number of aromatic nitrogens is 1. The molecule has 2 heterocycles. The molecular weight excluding hydrogens is 545 g/mol. The van der Waals surface area contributed by atoms with Crippen LogP contribution in [0.2, 0.25) is 5.15 Å². The molecular formula is C29H36ClF3N4O3. The van der Waals surface area contributed by atoms with E-state index >= 15 is 0 Å². The Kier molecular flexibility index (Phi) is 9.48. The smallest absolute Gasteiger partial charge is 0.404 e. The lowest BCUT2D eigenvalue weighted by Crippen LogP contribution is -2.39. The van der Waals surface area contributed by atoms with Crippen molar-refractivity contribution in [1.82, 2.24) is 14.8 Å². The first-order valence-corrected chi connectivity index (χ1v) is 14.0. The van der Waals surface area contributed by atoms with E-state index in [1.54, 1.807) is 32.3 Å². The Morgan fingerprint density at radius 3 is 2.40 bits per heavy atom. The molecule has 0 radical (unpaired) electrons. The van der Waals surface area contributed by atoms with Crippen molar-refractivity contribution >= 4 is 29.2 Å². The molecule has 1 aliphatic heterocycles.